The predicted molar refractivity (Wildman–Crippen MR) is 123 cm³/mol. The zero-order valence-electron chi connectivity index (χ0n) is 17.3. The number of nitrogens with two attached hydrogens (primary N) is 1. The summed E-state index contributed by atoms with van der Waals surface area (Å²) in [5.74, 6) is 0.142. The van der Waals surface area contributed by atoms with Crippen molar-refractivity contribution in [1.82, 2.24) is 14.5 Å². The molecule has 0 spiro atoms. The van der Waals surface area contributed by atoms with Crippen LogP contribution in [0.3, 0.4) is 0 Å². The normalized spacial score (nSPS) is 15.5. The maximum atomic E-state index is 13.6. The Bertz CT molecular complexity index is 1410. The summed E-state index contributed by atoms with van der Waals surface area (Å²) >= 11 is 6.07. The fourth-order valence-corrected chi connectivity index (χ4v) is 5.92. The second-order valence-corrected chi connectivity index (χ2v) is 10.1. The van der Waals surface area contributed by atoms with E-state index in [2.05, 4.69) is 4.98 Å². The number of anilines is 1. The van der Waals surface area contributed by atoms with Gasteiger partial charge in [-0.3, -0.25) is 0 Å². The summed E-state index contributed by atoms with van der Waals surface area (Å²) in [6.07, 6.45) is 0. The minimum atomic E-state index is -3.97. The van der Waals surface area contributed by atoms with Crippen molar-refractivity contribution in [1.29, 1.82) is 0 Å². The monoisotopic (exact) mass is 472 g/mol. The van der Waals surface area contributed by atoms with Crippen LogP contribution in [-0.4, -0.2) is 55.8 Å². The number of quaternary nitrogens is 1. The molecule has 8 nitrogen and oxygen atoms in total. The SMILES string of the molecule is Nc1c(S(=O)(=O)c2cccc(Cl)c2)c2nc3ccccc3nc2n1CC[NH+]1CCOCC1. The van der Waals surface area contributed by atoms with E-state index in [1.54, 1.807) is 16.7 Å². The van der Waals surface area contributed by atoms with Gasteiger partial charge in [0.05, 0.1) is 42.2 Å². The van der Waals surface area contributed by atoms with Crippen molar-refractivity contribution in [2.45, 2.75) is 16.3 Å². The van der Waals surface area contributed by atoms with Gasteiger partial charge in [-0.25, -0.2) is 18.4 Å². The smallest absolute Gasteiger partial charge is 0.212 e. The topological polar surface area (TPSA) is 105 Å². The van der Waals surface area contributed by atoms with Crippen LogP contribution in [0.25, 0.3) is 22.2 Å². The molecule has 1 fully saturated rings. The highest BCUT2D eigenvalue weighted by atomic mass is 35.5. The number of ether oxygens (including phenoxy) is 1. The summed E-state index contributed by atoms with van der Waals surface area (Å²) in [6.45, 7) is 4.55. The number of hydrogen-bond donors (Lipinski definition) is 2. The van der Waals surface area contributed by atoms with Gasteiger partial charge in [-0.1, -0.05) is 29.8 Å². The minimum absolute atomic E-state index is 0.0232. The van der Waals surface area contributed by atoms with Crippen molar-refractivity contribution in [2.75, 3.05) is 38.6 Å². The number of rotatable bonds is 5. The van der Waals surface area contributed by atoms with E-state index in [1.807, 2.05) is 24.3 Å². The third-order valence-corrected chi connectivity index (χ3v) is 7.86. The van der Waals surface area contributed by atoms with Crippen LogP contribution < -0.4 is 10.6 Å². The fraction of sp³-hybridized carbons (Fsp3) is 0.273. The predicted octanol–water partition coefficient (Wildman–Crippen LogP) is 1.57. The van der Waals surface area contributed by atoms with E-state index < -0.39 is 9.84 Å². The van der Waals surface area contributed by atoms with Gasteiger partial charge in [0.1, 0.15) is 29.3 Å². The van der Waals surface area contributed by atoms with Crippen LogP contribution in [-0.2, 0) is 21.1 Å². The molecule has 1 saturated heterocycles. The molecule has 0 amide bonds. The van der Waals surface area contributed by atoms with Crippen LogP contribution in [0.4, 0.5) is 5.82 Å². The van der Waals surface area contributed by atoms with Gasteiger partial charge in [0.15, 0.2) is 5.65 Å². The first-order valence-electron chi connectivity index (χ1n) is 10.4. The number of nitrogens with zero attached hydrogens (tertiary/aromatic N) is 3. The molecular weight excluding hydrogens is 450 g/mol. The summed E-state index contributed by atoms with van der Waals surface area (Å²) in [7, 11) is -3.97. The Morgan fingerprint density at radius 2 is 1.78 bits per heavy atom. The molecule has 0 atom stereocenters. The molecule has 0 unspecified atom stereocenters. The van der Waals surface area contributed by atoms with Crippen molar-refractivity contribution < 1.29 is 18.1 Å². The van der Waals surface area contributed by atoms with Crippen molar-refractivity contribution >= 4 is 49.5 Å². The van der Waals surface area contributed by atoms with Crippen LogP contribution in [0.2, 0.25) is 5.02 Å². The maximum Gasteiger partial charge on any atom is 0.212 e. The number of halogens is 1. The molecule has 10 heteroatoms. The molecule has 0 aliphatic carbocycles. The molecule has 32 heavy (non-hydrogen) atoms. The number of morpholine rings is 1. The zero-order chi connectivity index (χ0) is 22.3. The number of nitrogens with one attached hydrogen (secondary N) is 1. The van der Waals surface area contributed by atoms with E-state index in [0.29, 0.717) is 28.2 Å². The van der Waals surface area contributed by atoms with E-state index in [9.17, 15) is 8.42 Å². The molecule has 0 bridgehead atoms. The van der Waals surface area contributed by atoms with E-state index in [0.717, 1.165) is 32.8 Å². The van der Waals surface area contributed by atoms with Gasteiger partial charge in [-0.05, 0) is 30.3 Å². The zero-order valence-corrected chi connectivity index (χ0v) is 18.9. The number of sulfone groups is 1. The lowest BCUT2D eigenvalue weighted by atomic mass is 10.3. The van der Waals surface area contributed by atoms with Gasteiger partial charge in [-0.2, -0.15) is 0 Å². The highest BCUT2D eigenvalue weighted by Gasteiger charge is 2.30. The molecule has 3 N–H and O–H groups in total. The molecule has 3 heterocycles. The lowest BCUT2D eigenvalue weighted by molar-refractivity contribution is -0.908. The Morgan fingerprint density at radius 1 is 1.06 bits per heavy atom. The van der Waals surface area contributed by atoms with Crippen LogP contribution in [0.5, 0.6) is 0 Å². The summed E-state index contributed by atoms with van der Waals surface area (Å²) in [5, 5.41) is 0.334. The van der Waals surface area contributed by atoms with E-state index in [-0.39, 0.29) is 21.1 Å². The highest BCUT2D eigenvalue weighted by molar-refractivity contribution is 7.92. The Morgan fingerprint density at radius 3 is 2.50 bits per heavy atom. The maximum absolute atomic E-state index is 13.6. The molecule has 2 aromatic heterocycles. The van der Waals surface area contributed by atoms with Crippen molar-refractivity contribution in [2.24, 2.45) is 0 Å². The second kappa shape index (κ2) is 8.32. The van der Waals surface area contributed by atoms with Crippen LogP contribution in [0, 0.1) is 0 Å². The average Bonchev–Trinajstić information content (AvgIpc) is 3.07. The van der Waals surface area contributed by atoms with Crippen molar-refractivity contribution in [3.8, 4) is 0 Å². The summed E-state index contributed by atoms with van der Waals surface area (Å²) in [5.41, 5.74) is 8.53. The third-order valence-electron chi connectivity index (χ3n) is 5.81. The van der Waals surface area contributed by atoms with Gasteiger partial charge in [0.2, 0.25) is 9.84 Å². The average molecular weight is 473 g/mol. The fourth-order valence-electron chi connectivity index (χ4n) is 4.11. The number of nitrogen functional groups attached to an aromatic ring is 1. The first-order chi connectivity index (χ1) is 15.4. The Kier molecular flexibility index (Phi) is 5.50. The molecule has 2 aromatic carbocycles. The van der Waals surface area contributed by atoms with Gasteiger partial charge >= 0.3 is 0 Å². The Balaban J connectivity index is 1.69. The van der Waals surface area contributed by atoms with Crippen LogP contribution in [0.15, 0.2) is 58.3 Å². The number of benzene rings is 2. The lowest BCUT2D eigenvalue weighted by Gasteiger charge is -2.24. The molecule has 1 aliphatic heterocycles. The number of para-hydroxylation sites is 2. The van der Waals surface area contributed by atoms with Gasteiger partial charge in [-0.15, -0.1) is 0 Å². The first-order valence-corrected chi connectivity index (χ1v) is 12.3. The molecule has 1 aliphatic rings. The second-order valence-electron chi connectivity index (χ2n) is 7.82. The molecule has 5 rings (SSSR count). The molecule has 0 saturated carbocycles. The van der Waals surface area contributed by atoms with E-state index in [4.69, 9.17) is 27.1 Å². The van der Waals surface area contributed by atoms with Crippen LogP contribution >= 0.6 is 11.6 Å². The lowest BCUT2D eigenvalue weighted by Crippen LogP contribution is -3.14. The number of hydrogen-bond acceptors (Lipinski definition) is 6. The molecule has 4 aromatic rings. The van der Waals surface area contributed by atoms with Gasteiger partial charge < -0.3 is 19.9 Å². The van der Waals surface area contributed by atoms with Crippen molar-refractivity contribution in [3.05, 3.63) is 53.6 Å². The largest absolute Gasteiger partial charge is 0.384 e. The van der Waals surface area contributed by atoms with Gasteiger partial charge in [0.25, 0.3) is 0 Å². The first kappa shape index (κ1) is 21.1. The van der Waals surface area contributed by atoms with Crippen molar-refractivity contribution in [3.63, 3.8) is 0 Å². The molecule has 166 valence electrons. The summed E-state index contributed by atoms with van der Waals surface area (Å²) < 4.78 is 34.5. The van der Waals surface area contributed by atoms with Gasteiger partial charge in [0, 0.05) is 5.02 Å². The Labute approximate surface area is 190 Å². The molecule has 0 radical (unpaired) electrons. The van der Waals surface area contributed by atoms with E-state index >= 15 is 0 Å². The van der Waals surface area contributed by atoms with Crippen LogP contribution in [0.1, 0.15) is 0 Å². The quantitative estimate of drug-likeness (QED) is 0.457. The highest BCUT2D eigenvalue weighted by Crippen LogP contribution is 2.35. The van der Waals surface area contributed by atoms with E-state index in [1.165, 1.54) is 17.0 Å². The third kappa shape index (κ3) is 3.71. The summed E-state index contributed by atoms with van der Waals surface area (Å²) in [6, 6.07) is 13.6. The number of fused-ring (bicyclic) bond motifs is 2. The summed E-state index contributed by atoms with van der Waals surface area (Å²) in [4.78, 5) is 10.8. The minimum Gasteiger partial charge on any atom is -0.384 e. The standard InChI is InChI=1S/C22H22ClN5O3S/c23-15-4-3-5-16(14-15)32(29,30)20-19-22(26-18-7-2-1-6-17(18)25-19)28(21(20)24)9-8-27-10-12-31-13-11-27/h1-7,14H,8-13,24H2/p+1. The molecular formula is C22H23ClN5O3S+. The number of aromatic nitrogens is 3. The Hall–Kier alpha value is -2.72.